The van der Waals surface area contributed by atoms with E-state index in [0.29, 0.717) is 18.6 Å². The number of rotatable bonds is 4. The minimum absolute atomic E-state index is 0.320. The molecule has 1 aliphatic rings. The van der Waals surface area contributed by atoms with Gasteiger partial charge in [0, 0.05) is 18.6 Å². The van der Waals surface area contributed by atoms with Gasteiger partial charge in [0.2, 0.25) is 0 Å². The summed E-state index contributed by atoms with van der Waals surface area (Å²) < 4.78 is 1.19. The van der Waals surface area contributed by atoms with E-state index >= 15 is 0 Å². The van der Waals surface area contributed by atoms with Crippen molar-refractivity contribution in [3.63, 3.8) is 0 Å². The third-order valence-electron chi connectivity index (χ3n) is 3.52. The lowest BCUT2D eigenvalue weighted by molar-refractivity contribution is 0.403. The molecular formula is C13H21BrN2S. The Balaban J connectivity index is 1.94. The van der Waals surface area contributed by atoms with Crippen molar-refractivity contribution in [2.45, 2.75) is 50.6 Å². The van der Waals surface area contributed by atoms with Crippen molar-refractivity contribution in [2.75, 3.05) is 6.54 Å². The number of thiophene rings is 1. The van der Waals surface area contributed by atoms with E-state index in [9.17, 15) is 0 Å². The van der Waals surface area contributed by atoms with E-state index < -0.39 is 0 Å². The van der Waals surface area contributed by atoms with Gasteiger partial charge in [-0.1, -0.05) is 25.7 Å². The normalized spacial score (nSPS) is 20.1. The molecule has 1 aromatic heterocycles. The number of nitrogens with one attached hydrogen (secondary N) is 1. The van der Waals surface area contributed by atoms with Crippen LogP contribution in [0.4, 0.5) is 0 Å². The van der Waals surface area contributed by atoms with E-state index in [2.05, 4.69) is 32.7 Å². The van der Waals surface area contributed by atoms with E-state index in [0.717, 1.165) is 0 Å². The maximum atomic E-state index is 5.90. The topological polar surface area (TPSA) is 38.0 Å². The predicted octanol–water partition coefficient (Wildman–Crippen LogP) is 3.82. The van der Waals surface area contributed by atoms with Crippen molar-refractivity contribution in [2.24, 2.45) is 5.73 Å². The Hall–Kier alpha value is 0.100. The minimum atomic E-state index is 0.320. The minimum Gasteiger partial charge on any atom is -0.329 e. The molecule has 4 heteroatoms. The molecule has 1 fully saturated rings. The van der Waals surface area contributed by atoms with Crippen LogP contribution < -0.4 is 11.1 Å². The van der Waals surface area contributed by atoms with Gasteiger partial charge in [-0.3, -0.25) is 0 Å². The molecular weight excluding hydrogens is 296 g/mol. The molecule has 1 saturated carbocycles. The number of nitrogens with two attached hydrogens (primary N) is 1. The summed E-state index contributed by atoms with van der Waals surface area (Å²) in [5.74, 6) is 0. The van der Waals surface area contributed by atoms with Crippen LogP contribution in [0.5, 0.6) is 0 Å². The fraction of sp³-hybridized carbons (Fsp3) is 0.692. The Labute approximate surface area is 116 Å². The first-order valence-corrected chi connectivity index (χ1v) is 8.17. The van der Waals surface area contributed by atoms with Crippen LogP contribution in [0.1, 0.15) is 50.1 Å². The van der Waals surface area contributed by atoms with Gasteiger partial charge in [-0.2, -0.15) is 0 Å². The van der Waals surface area contributed by atoms with Gasteiger partial charge in [-0.05, 0) is 45.8 Å². The predicted molar refractivity (Wildman–Crippen MR) is 78.4 cm³/mol. The zero-order valence-electron chi connectivity index (χ0n) is 10.1. The van der Waals surface area contributed by atoms with Crippen LogP contribution >= 0.6 is 27.3 Å². The van der Waals surface area contributed by atoms with Crippen molar-refractivity contribution in [3.05, 3.63) is 20.8 Å². The summed E-state index contributed by atoms with van der Waals surface area (Å²) in [5, 5.41) is 5.94. The molecule has 1 atom stereocenters. The van der Waals surface area contributed by atoms with Gasteiger partial charge in [0.1, 0.15) is 0 Å². The highest BCUT2D eigenvalue weighted by atomic mass is 79.9. The average Bonchev–Trinajstić information content (AvgIpc) is 2.62. The number of halogens is 1. The Morgan fingerprint density at radius 3 is 2.59 bits per heavy atom. The number of hydrogen-bond donors (Lipinski definition) is 2. The standard InChI is InChI=1S/C13H21BrN2S/c14-13-7-10(9-17-13)12(8-15)16-11-5-3-1-2-4-6-11/h7,9,11-12,16H,1-6,8,15H2. The molecule has 0 spiro atoms. The maximum Gasteiger partial charge on any atom is 0.0701 e. The van der Waals surface area contributed by atoms with E-state index in [1.807, 2.05) is 0 Å². The van der Waals surface area contributed by atoms with Crippen LogP contribution in [0.25, 0.3) is 0 Å². The highest BCUT2D eigenvalue weighted by Gasteiger charge is 2.18. The highest BCUT2D eigenvalue weighted by Crippen LogP contribution is 2.26. The molecule has 0 bridgehead atoms. The Morgan fingerprint density at radius 1 is 1.35 bits per heavy atom. The van der Waals surface area contributed by atoms with Gasteiger partial charge in [-0.25, -0.2) is 0 Å². The van der Waals surface area contributed by atoms with Crippen LogP contribution in [-0.2, 0) is 0 Å². The molecule has 0 aromatic carbocycles. The second kappa shape index (κ2) is 6.88. The summed E-state index contributed by atoms with van der Waals surface area (Å²) in [4.78, 5) is 0. The molecule has 96 valence electrons. The van der Waals surface area contributed by atoms with E-state index in [4.69, 9.17) is 5.73 Å². The smallest absolute Gasteiger partial charge is 0.0701 e. The summed E-state index contributed by atoms with van der Waals surface area (Å²) in [7, 11) is 0. The summed E-state index contributed by atoms with van der Waals surface area (Å²) in [6, 6.07) is 3.16. The first-order valence-electron chi connectivity index (χ1n) is 6.49. The van der Waals surface area contributed by atoms with Crippen molar-refractivity contribution in [3.8, 4) is 0 Å². The monoisotopic (exact) mass is 316 g/mol. The van der Waals surface area contributed by atoms with E-state index in [1.165, 1.54) is 47.9 Å². The molecule has 2 rings (SSSR count). The van der Waals surface area contributed by atoms with Gasteiger partial charge in [0.15, 0.2) is 0 Å². The molecule has 0 aliphatic heterocycles. The molecule has 0 amide bonds. The van der Waals surface area contributed by atoms with Gasteiger partial charge in [0.05, 0.1) is 3.79 Å². The third kappa shape index (κ3) is 4.05. The lowest BCUT2D eigenvalue weighted by Crippen LogP contribution is -2.36. The lowest BCUT2D eigenvalue weighted by Gasteiger charge is -2.23. The molecule has 0 saturated heterocycles. The van der Waals surface area contributed by atoms with Gasteiger partial charge >= 0.3 is 0 Å². The zero-order chi connectivity index (χ0) is 12.1. The van der Waals surface area contributed by atoms with Crippen LogP contribution in [-0.4, -0.2) is 12.6 Å². The van der Waals surface area contributed by atoms with E-state index in [1.54, 1.807) is 11.3 Å². The SMILES string of the molecule is NCC(NC1CCCCCC1)c1csc(Br)c1. The molecule has 0 radical (unpaired) electrons. The average molecular weight is 317 g/mol. The molecule has 1 aromatic rings. The second-order valence-corrected chi connectivity index (χ2v) is 7.12. The summed E-state index contributed by atoms with van der Waals surface area (Å²) >= 11 is 5.25. The van der Waals surface area contributed by atoms with Crippen molar-refractivity contribution in [1.82, 2.24) is 5.32 Å². The summed E-state index contributed by atoms with van der Waals surface area (Å²) in [5.41, 5.74) is 7.22. The quantitative estimate of drug-likeness (QED) is 0.829. The molecule has 1 heterocycles. The molecule has 3 N–H and O–H groups in total. The van der Waals surface area contributed by atoms with Crippen molar-refractivity contribution in [1.29, 1.82) is 0 Å². The molecule has 1 aliphatic carbocycles. The molecule has 17 heavy (non-hydrogen) atoms. The van der Waals surface area contributed by atoms with Gasteiger partial charge in [-0.15, -0.1) is 11.3 Å². The second-order valence-electron chi connectivity index (χ2n) is 4.83. The zero-order valence-corrected chi connectivity index (χ0v) is 12.5. The maximum absolute atomic E-state index is 5.90. The fourth-order valence-corrected chi connectivity index (χ4v) is 3.77. The first kappa shape index (κ1) is 13.5. The van der Waals surface area contributed by atoms with Crippen LogP contribution in [0.2, 0.25) is 0 Å². The van der Waals surface area contributed by atoms with Crippen LogP contribution in [0.3, 0.4) is 0 Å². The summed E-state index contributed by atoms with van der Waals surface area (Å²) in [6.07, 6.45) is 8.14. The Bertz CT molecular complexity index is 332. The van der Waals surface area contributed by atoms with Crippen molar-refractivity contribution >= 4 is 27.3 Å². The Kier molecular flexibility index (Phi) is 5.48. The van der Waals surface area contributed by atoms with Crippen molar-refractivity contribution < 1.29 is 0 Å². The third-order valence-corrected chi connectivity index (χ3v) is 5.04. The largest absolute Gasteiger partial charge is 0.329 e. The molecule has 1 unspecified atom stereocenters. The molecule has 2 nitrogen and oxygen atoms in total. The first-order chi connectivity index (χ1) is 8.29. The van der Waals surface area contributed by atoms with Crippen LogP contribution in [0, 0.1) is 0 Å². The van der Waals surface area contributed by atoms with Crippen LogP contribution in [0.15, 0.2) is 15.2 Å². The van der Waals surface area contributed by atoms with Gasteiger partial charge < -0.3 is 11.1 Å². The fourth-order valence-electron chi connectivity index (χ4n) is 2.54. The lowest BCUT2D eigenvalue weighted by atomic mass is 10.1. The Morgan fingerprint density at radius 2 is 2.06 bits per heavy atom. The summed E-state index contributed by atoms with van der Waals surface area (Å²) in [6.45, 7) is 0.680. The highest BCUT2D eigenvalue weighted by molar-refractivity contribution is 9.11. The number of hydrogen-bond acceptors (Lipinski definition) is 3. The van der Waals surface area contributed by atoms with Gasteiger partial charge in [0.25, 0.3) is 0 Å². The van der Waals surface area contributed by atoms with E-state index in [-0.39, 0.29) is 0 Å².